The highest BCUT2D eigenvalue weighted by molar-refractivity contribution is 6.38. The maximum Gasteiger partial charge on any atom is 0.0964 e. The number of aromatic nitrogens is 1. The second kappa shape index (κ2) is 6.75. The first-order valence-electron chi connectivity index (χ1n) is 6.82. The van der Waals surface area contributed by atoms with Crippen LogP contribution in [0.3, 0.4) is 0 Å². The summed E-state index contributed by atoms with van der Waals surface area (Å²) in [4.78, 5) is 0. The number of rotatable bonds is 2. The van der Waals surface area contributed by atoms with Gasteiger partial charge in [0.2, 0.25) is 0 Å². The fraction of sp³-hybridized carbons (Fsp3) is 0.0588. The van der Waals surface area contributed by atoms with Gasteiger partial charge in [0.1, 0.15) is 0 Å². The van der Waals surface area contributed by atoms with Crippen LogP contribution in [-0.4, -0.2) is 10.8 Å². The highest BCUT2D eigenvalue weighted by Crippen LogP contribution is 2.22. The van der Waals surface area contributed by atoms with Crippen molar-refractivity contribution in [1.29, 1.82) is 0 Å². The summed E-state index contributed by atoms with van der Waals surface area (Å²) in [5.41, 5.74) is 1.62. The van der Waals surface area contributed by atoms with Crippen LogP contribution < -0.4 is 5.36 Å². The minimum atomic E-state index is 0.535. The summed E-state index contributed by atoms with van der Waals surface area (Å²) >= 11 is 18.3. The fourth-order valence-corrected chi connectivity index (χ4v) is 2.90. The summed E-state index contributed by atoms with van der Waals surface area (Å²) in [6, 6.07) is 12.8. The molecule has 2 aromatic carbocycles. The number of hydrogen-bond acceptors (Lipinski definition) is 2. The number of pyridine rings is 1. The van der Waals surface area contributed by atoms with Crippen LogP contribution in [0.15, 0.2) is 58.9 Å². The normalized spacial score (nSPS) is 12.4. The van der Waals surface area contributed by atoms with Gasteiger partial charge >= 0.3 is 0 Å². The van der Waals surface area contributed by atoms with Crippen LogP contribution in [0.5, 0.6) is 0 Å². The molecule has 3 aromatic rings. The van der Waals surface area contributed by atoms with E-state index in [4.69, 9.17) is 34.8 Å². The Hall–Kier alpha value is -1.81. The van der Waals surface area contributed by atoms with Crippen LogP contribution >= 0.6 is 34.8 Å². The summed E-state index contributed by atoms with van der Waals surface area (Å²) in [5, 5.41) is 11.9. The average Bonchev–Trinajstić information content (AvgIpc) is 2.52. The largest absolute Gasteiger partial charge is 0.350 e. The number of nitrogens with zero attached hydrogens (tertiary/aromatic N) is 3. The van der Waals surface area contributed by atoms with E-state index in [-0.39, 0.29) is 0 Å². The van der Waals surface area contributed by atoms with E-state index in [9.17, 15) is 0 Å². The first kappa shape index (κ1) is 16.1. The molecule has 0 N–H and O–H groups in total. The second-order valence-corrected chi connectivity index (χ2v) is 6.20. The molecule has 0 bridgehead atoms. The zero-order valence-corrected chi connectivity index (χ0v) is 14.4. The number of fused-ring (bicyclic) bond motifs is 1. The predicted molar refractivity (Wildman–Crippen MR) is 97.5 cm³/mol. The van der Waals surface area contributed by atoms with Crippen molar-refractivity contribution in [2.75, 3.05) is 0 Å². The Bertz CT molecular complexity index is 954. The van der Waals surface area contributed by atoms with Crippen molar-refractivity contribution in [2.24, 2.45) is 17.3 Å². The van der Waals surface area contributed by atoms with Gasteiger partial charge in [-0.15, -0.1) is 0 Å². The molecule has 6 heteroatoms. The second-order valence-electron chi connectivity index (χ2n) is 4.95. The van der Waals surface area contributed by atoms with Gasteiger partial charge in [0.25, 0.3) is 0 Å². The first-order chi connectivity index (χ1) is 11.1. The van der Waals surface area contributed by atoms with Crippen LogP contribution in [0.25, 0.3) is 10.9 Å². The van der Waals surface area contributed by atoms with Crippen LogP contribution in [0.4, 0.5) is 0 Å². The van der Waals surface area contributed by atoms with E-state index in [0.29, 0.717) is 20.6 Å². The van der Waals surface area contributed by atoms with Gasteiger partial charge in [-0.05, 0) is 36.4 Å². The Morgan fingerprint density at radius 2 is 1.74 bits per heavy atom. The van der Waals surface area contributed by atoms with E-state index < -0.39 is 0 Å². The van der Waals surface area contributed by atoms with Gasteiger partial charge < -0.3 is 4.57 Å². The van der Waals surface area contributed by atoms with E-state index in [1.54, 1.807) is 24.4 Å². The third-order valence-corrected chi connectivity index (χ3v) is 4.32. The van der Waals surface area contributed by atoms with Crippen molar-refractivity contribution in [2.45, 2.75) is 0 Å². The molecule has 3 nitrogen and oxygen atoms in total. The van der Waals surface area contributed by atoms with Crippen molar-refractivity contribution < 1.29 is 0 Å². The zero-order valence-electron chi connectivity index (χ0n) is 12.2. The molecule has 0 aliphatic rings. The smallest absolute Gasteiger partial charge is 0.0964 e. The summed E-state index contributed by atoms with van der Waals surface area (Å²) in [6.45, 7) is 0. The maximum atomic E-state index is 6.11. The standard InChI is InChI=1S/C17H12Cl3N3/c1-23-8-7-16(12-6-5-11(18)9-17(12)23)22-21-10-13-14(19)3-2-4-15(13)20/h2-10H,1H3/b21-10+,22-16+. The Balaban J connectivity index is 2.09. The molecule has 116 valence electrons. The monoisotopic (exact) mass is 363 g/mol. The molecule has 0 amide bonds. The minimum Gasteiger partial charge on any atom is -0.350 e. The Labute approximate surface area is 148 Å². The average molecular weight is 365 g/mol. The summed E-state index contributed by atoms with van der Waals surface area (Å²) in [5.74, 6) is 0. The zero-order chi connectivity index (χ0) is 16.4. The third-order valence-electron chi connectivity index (χ3n) is 3.42. The molecule has 0 fully saturated rings. The van der Waals surface area contributed by atoms with Gasteiger partial charge in [-0.2, -0.15) is 10.2 Å². The van der Waals surface area contributed by atoms with Crippen molar-refractivity contribution in [3.63, 3.8) is 0 Å². The topological polar surface area (TPSA) is 29.6 Å². The Morgan fingerprint density at radius 1 is 1.00 bits per heavy atom. The van der Waals surface area contributed by atoms with E-state index in [0.717, 1.165) is 16.3 Å². The predicted octanol–water partition coefficient (Wildman–Crippen LogP) is 5.07. The fourth-order valence-electron chi connectivity index (χ4n) is 2.24. The molecule has 0 unspecified atom stereocenters. The maximum absolute atomic E-state index is 6.11. The Kier molecular flexibility index (Phi) is 4.71. The van der Waals surface area contributed by atoms with Crippen LogP contribution in [0.2, 0.25) is 15.1 Å². The molecule has 3 rings (SSSR count). The van der Waals surface area contributed by atoms with Crippen molar-refractivity contribution in [3.8, 4) is 0 Å². The number of halogens is 3. The molecule has 0 saturated heterocycles. The van der Waals surface area contributed by atoms with Crippen molar-refractivity contribution in [3.05, 3.63) is 74.6 Å². The van der Waals surface area contributed by atoms with E-state index in [1.165, 1.54) is 0 Å². The lowest BCUT2D eigenvalue weighted by Crippen LogP contribution is -2.06. The lowest BCUT2D eigenvalue weighted by atomic mass is 10.2. The molecule has 1 aromatic heterocycles. The van der Waals surface area contributed by atoms with Crippen LogP contribution in [0, 0.1) is 0 Å². The summed E-state index contributed by atoms with van der Waals surface area (Å²) < 4.78 is 1.98. The molecule has 0 aliphatic carbocycles. The van der Waals surface area contributed by atoms with Gasteiger partial charge in [0.05, 0.1) is 27.1 Å². The van der Waals surface area contributed by atoms with Crippen molar-refractivity contribution >= 4 is 51.9 Å². The van der Waals surface area contributed by atoms with Gasteiger partial charge in [-0.3, -0.25) is 0 Å². The molecule has 23 heavy (non-hydrogen) atoms. The van der Waals surface area contributed by atoms with E-state index in [2.05, 4.69) is 10.2 Å². The molecule has 0 radical (unpaired) electrons. The van der Waals surface area contributed by atoms with Gasteiger partial charge in [0, 0.05) is 29.2 Å². The highest BCUT2D eigenvalue weighted by Gasteiger charge is 2.02. The SMILES string of the molecule is Cn1cc/c(=N\N=C\c2c(Cl)cccc2Cl)c2ccc(Cl)cc21. The van der Waals surface area contributed by atoms with Gasteiger partial charge in [-0.1, -0.05) is 40.9 Å². The molecule has 0 saturated carbocycles. The summed E-state index contributed by atoms with van der Waals surface area (Å²) in [7, 11) is 1.95. The lowest BCUT2D eigenvalue weighted by molar-refractivity contribution is 0.945. The first-order valence-corrected chi connectivity index (χ1v) is 7.95. The minimum absolute atomic E-state index is 0.535. The van der Waals surface area contributed by atoms with E-state index >= 15 is 0 Å². The van der Waals surface area contributed by atoms with Crippen LogP contribution in [0.1, 0.15) is 5.56 Å². The lowest BCUT2D eigenvalue weighted by Gasteiger charge is -2.05. The molecule has 1 heterocycles. The number of benzene rings is 2. The Morgan fingerprint density at radius 3 is 2.48 bits per heavy atom. The van der Waals surface area contributed by atoms with Crippen LogP contribution in [-0.2, 0) is 7.05 Å². The molecule has 0 aliphatic heterocycles. The molecular formula is C17H12Cl3N3. The van der Waals surface area contributed by atoms with Gasteiger partial charge in [-0.25, -0.2) is 0 Å². The van der Waals surface area contributed by atoms with Gasteiger partial charge in [0.15, 0.2) is 0 Å². The molecular weight excluding hydrogens is 353 g/mol. The molecule has 0 spiro atoms. The number of aryl methyl sites for hydroxylation is 1. The van der Waals surface area contributed by atoms with Crippen molar-refractivity contribution in [1.82, 2.24) is 4.57 Å². The quantitative estimate of drug-likeness (QED) is 0.449. The molecule has 0 atom stereocenters. The summed E-state index contributed by atoms with van der Waals surface area (Å²) in [6.07, 6.45) is 3.47. The van der Waals surface area contributed by atoms with E-state index in [1.807, 2.05) is 42.1 Å². The highest BCUT2D eigenvalue weighted by atomic mass is 35.5. The third kappa shape index (κ3) is 3.42. The number of hydrogen-bond donors (Lipinski definition) is 0.